The molecule has 1 aromatic carbocycles. The van der Waals surface area contributed by atoms with Gasteiger partial charge >= 0.3 is 0 Å². The van der Waals surface area contributed by atoms with E-state index in [-0.39, 0.29) is 11.8 Å². The quantitative estimate of drug-likeness (QED) is 0.818. The topological polar surface area (TPSA) is 20.3 Å². The highest BCUT2D eigenvalue weighted by Crippen LogP contribution is 2.25. The predicted octanol–water partition coefficient (Wildman–Crippen LogP) is 3.74. The van der Waals surface area contributed by atoms with E-state index < -0.39 is 0 Å². The van der Waals surface area contributed by atoms with Crippen LogP contribution in [0.4, 0.5) is 0 Å². The molecule has 2 nitrogen and oxygen atoms in total. The van der Waals surface area contributed by atoms with E-state index in [9.17, 15) is 4.79 Å². The number of nitrogens with zero attached hydrogens (tertiary/aromatic N) is 1. The molecule has 0 aliphatic carbocycles. The smallest absolute Gasteiger partial charge is 0.144 e. The minimum atomic E-state index is -0.0182. The average Bonchev–Trinajstić information content (AvgIpc) is 2.89. The molecule has 1 saturated heterocycles. The van der Waals surface area contributed by atoms with Gasteiger partial charge in [-0.2, -0.15) is 0 Å². The fourth-order valence-corrected chi connectivity index (χ4v) is 2.81. The first-order chi connectivity index (χ1) is 9.08. The molecule has 0 radical (unpaired) electrons. The van der Waals surface area contributed by atoms with Crippen LogP contribution in [0.15, 0.2) is 24.3 Å². The monoisotopic (exact) mass is 279 g/mol. The fourth-order valence-electron chi connectivity index (χ4n) is 2.68. The summed E-state index contributed by atoms with van der Waals surface area (Å²) in [7, 11) is 0. The highest BCUT2D eigenvalue weighted by Gasteiger charge is 2.26. The van der Waals surface area contributed by atoms with Gasteiger partial charge in [-0.15, -0.1) is 0 Å². The molecule has 0 aromatic heterocycles. The van der Waals surface area contributed by atoms with Gasteiger partial charge in [0.05, 0.1) is 5.92 Å². The number of likely N-dealkylation sites (tertiary alicyclic amines) is 1. The Morgan fingerprint density at radius 1 is 1.21 bits per heavy atom. The lowest BCUT2D eigenvalue weighted by atomic mass is 9.88. The highest BCUT2D eigenvalue weighted by atomic mass is 35.5. The molecule has 19 heavy (non-hydrogen) atoms. The number of ketones is 1. The summed E-state index contributed by atoms with van der Waals surface area (Å²) in [6.45, 7) is 7.05. The fraction of sp³-hybridized carbons (Fsp3) is 0.562. The van der Waals surface area contributed by atoms with Crippen molar-refractivity contribution >= 4 is 17.4 Å². The molecule has 1 aromatic rings. The largest absolute Gasteiger partial charge is 0.302 e. The van der Waals surface area contributed by atoms with E-state index in [2.05, 4.69) is 4.90 Å². The second-order valence-electron chi connectivity index (χ2n) is 5.67. The molecular weight excluding hydrogens is 258 g/mol. The van der Waals surface area contributed by atoms with Crippen molar-refractivity contribution in [1.29, 1.82) is 0 Å². The van der Waals surface area contributed by atoms with Crippen LogP contribution in [0.3, 0.4) is 0 Å². The SMILES string of the molecule is CC(C)C(=O)C(CN1CCCC1)c1ccc(Cl)cc1. The minimum absolute atomic E-state index is 0.0182. The molecule has 0 N–H and O–H groups in total. The van der Waals surface area contributed by atoms with E-state index in [0.717, 1.165) is 30.2 Å². The van der Waals surface area contributed by atoms with E-state index in [4.69, 9.17) is 11.6 Å². The van der Waals surface area contributed by atoms with Gasteiger partial charge < -0.3 is 4.90 Å². The van der Waals surface area contributed by atoms with Crippen molar-refractivity contribution in [3.8, 4) is 0 Å². The average molecular weight is 280 g/mol. The summed E-state index contributed by atoms with van der Waals surface area (Å²) in [4.78, 5) is 14.9. The van der Waals surface area contributed by atoms with E-state index in [0.29, 0.717) is 5.78 Å². The Bertz CT molecular complexity index is 421. The van der Waals surface area contributed by atoms with Crippen LogP contribution < -0.4 is 0 Å². The molecule has 1 unspecified atom stereocenters. The normalized spacial score (nSPS) is 17.9. The summed E-state index contributed by atoms with van der Waals surface area (Å²) in [5.41, 5.74) is 1.09. The van der Waals surface area contributed by atoms with Crippen LogP contribution in [-0.4, -0.2) is 30.3 Å². The van der Waals surface area contributed by atoms with E-state index in [1.165, 1.54) is 12.8 Å². The Kier molecular flexibility index (Phi) is 5.00. The van der Waals surface area contributed by atoms with Crippen molar-refractivity contribution < 1.29 is 4.79 Å². The molecular formula is C16H22ClNO. The van der Waals surface area contributed by atoms with Crippen molar-refractivity contribution in [2.24, 2.45) is 5.92 Å². The maximum Gasteiger partial charge on any atom is 0.144 e. The number of rotatable bonds is 5. The van der Waals surface area contributed by atoms with Crippen molar-refractivity contribution in [3.63, 3.8) is 0 Å². The zero-order valence-corrected chi connectivity index (χ0v) is 12.5. The number of carbonyl (C=O) groups excluding carboxylic acids is 1. The lowest BCUT2D eigenvalue weighted by Crippen LogP contribution is -2.31. The molecule has 1 aliphatic rings. The van der Waals surface area contributed by atoms with E-state index in [1.807, 2.05) is 38.1 Å². The number of halogens is 1. The van der Waals surface area contributed by atoms with Crippen LogP contribution in [0.5, 0.6) is 0 Å². The van der Waals surface area contributed by atoms with Gasteiger partial charge in [0, 0.05) is 17.5 Å². The molecule has 2 rings (SSSR count). The van der Waals surface area contributed by atoms with Crippen LogP contribution in [-0.2, 0) is 4.79 Å². The van der Waals surface area contributed by atoms with E-state index >= 15 is 0 Å². The van der Waals surface area contributed by atoms with Gasteiger partial charge in [0.25, 0.3) is 0 Å². The Balaban J connectivity index is 2.17. The first kappa shape index (κ1) is 14.5. The third kappa shape index (κ3) is 3.80. The summed E-state index contributed by atoms with van der Waals surface area (Å²) >= 11 is 5.93. The van der Waals surface area contributed by atoms with Gasteiger partial charge in [0.15, 0.2) is 0 Å². The van der Waals surface area contributed by atoms with Crippen LogP contribution >= 0.6 is 11.6 Å². The van der Waals surface area contributed by atoms with Crippen LogP contribution in [0.2, 0.25) is 5.02 Å². The summed E-state index contributed by atoms with van der Waals surface area (Å²) in [6.07, 6.45) is 2.51. The van der Waals surface area contributed by atoms with Crippen molar-refractivity contribution in [3.05, 3.63) is 34.9 Å². The Labute approximate surface area is 120 Å². The van der Waals surface area contributed by atoms with Crippen molar-refractivity contribution in [2.45, 2.75) is 32.6 Å². The third-order valence-electron chi connectivity index (χ3n) is 3.82. The molecule has 1 atom stereocenters. The zero-order chi connectivity index (χ0) is 13.8. The van der Waals surface area contributed by atoms with Gasteiger partial charge in [0.1, 0.15) is 5.78 Å². The van der Waals surface area contributed by atoms with Gasteiger partial charge in [0.2, 0.25) is 0 Å². The number of Topliss-reactive ketones (excluding diaryl/α,β-unsaturated/α-hetero) is 1. The summed E-state index contributed by atoms with van der Waals surface area (Å²) < 4.78 is 0. The number of benzene rings is 1. The zero-order valence-electron chi connectivity index (χ0n) is 11.7. The predicted molar refractivity (Wildman–Crippen MR) is 79.7 cm³/mol. The Hall–Kier alpha value is -0.860. The lowest BCUT2D eigenvalue weighted by Gasteiger charge is -2.24. The molecule has 1 heterocycles. The molecule has 0 bridgehead atoms. The number of hydrogen-bond acceptors (Lipinski definition) is 2. The molecule has 1 fully saturated rings. The maximum atomic E-state index is 12.5. The highest BCUT2D eigenvalue weighted by molar-refractivity contribution is 6.30. The van der Waals surface area contributed by atoms with E-state index in [1.54, 1.807) is 0 Å². The summed E-state index contributed by atoms with van der Waals surface area (Å²) in [6, 6.07) is 7.73. The minimum Gasteiger partial charge on any atom is -0.302 e. The summed E-state index contributed by atoms with van der Waals surface area (Å²) in [5.74, 6) is 0.382. The van der Waals surface area contributed by atoms with Crippen molar-refractivity contribution in [2.75, 3.05) is 19.6 Å². The van der Waals surface area contributed by atoms with Crippen molar-refractivity contribution in [1.82, 2.24) is 4.90 Å². The molecule has 3 heteroatoms. The summed E-state index contributed by atoms with van der Waals surface area (Å²) in [5, 5.41) is 0.723. The number of hydrogen-bond donors (Lipinski definition) is 0. The maximum absolute atomic E-state index is 12.5. The molecule has 104 valence electrons. The molecule has 0 amide bonds. The first-order valence-electron chi connectivity index (χ1n) is 7.09. The first-order valence-corrected chi connectivity index (χ1v) is 7.47. The molecule has 0 spiro atoms. The van der Waals surface area contributed by atoms with Gasteiger partial charge in [-0.1, -0.05) is 37.6 Å². The van der Waals surface area contributed by atoms with Crippen LogP contribution in [0.25, 0.3) is 0 Å². The lowest BCUT2D eigenvalue weighted by molar-refractivity contribution is -0.123. The van der Waals surface area contributed by atoms with Gasteiger partial charge in [-0.3, -0.25) is 4.79 Å². The molecule has 0 saturated carbocycles. The standard InChI is InChI=1S/C16H22ClNO/c1-12(2)16(19)15(11-18-9-3-4-10-18)13-5-7-14(17)8-6-13/h5-8,12,15H,3-4,9-11H2,1-2H3. The second kappa shape index (κ2) is 6.53. The molecule has 1 aliphatic heterocycles. The Morgan fingerprint density at radius 3 is 2.32 bits per heavy atom. The van der Waals surface area contributed by atoms with Gasteiger partial charge in [-0.25, -0.2) is 0 Å². The van der Waals surface area contributed by atoms with Crippen LogP contribution in [0, 0.1) is 5.92 Å². The Morgan fingerprint density at radius 2 is 1.79 bits per heavy atom. The van der Waals surface area contributed by atoms with Crippen LogP contribution in [0.1, 0.15) is 38.2 Å². The third-order valence-corrected chi connectivity index (χ3v) is 4.08. The second-order valence-corrected chi connectivity index (χ2v) is 6.11. The number of carbonyl (C=O) groups is 1. The van der Waals surface area contributed by atoms with Gasteiger partial charge in [-0.05, 0) is 43.6 Å².